The molecule has 3 N–H and O–H groups in total. The molecule has 2 amide bonds. The Morgan fingerprint density at radius 3 is 3.07 bits per heavy atom. The molecule has 1 aromatic carbocycles. The van der Waals surface area contributed by atoms with Crippen molar-refractivity contribution in [1.29, 1.82) is 0 Å². The quantitative estimate of drug-likeness (QED) is 0.747. The Bertz CT molecular complexity index is 365. The van der Waals surface area contributed by atoms with Crippen molar-refractivity contribution < 1.29 is 4.79 Å². The summed E-state index contributed by atoms with van der Waals surface area (Å²) in [5.74, 6) is 0. The summed E-state index contributed by atoms with van der Waals surface area (Å²) in [6, 6.07) is 7.94. The van der Waals surface area contributed by atoms with Gasteiger partial charge < -0.3 is 11.1 Å². The monoisotopic (exact) mass is 205 g/mol. The molecule has 15 heavy (non-hydrogen) atoms. The first-order valence-corrected chi connectivity index (χ1v) is 5.16. The number of nitrogens with one attached hydrogen (secondary N) is 1. The fraction of sp³-hybridized carbons (Fsp3) is 0.364. The zero-order valence-corrected chi connectivity index (χ0v) is 8.57. The van der Waals surface area contributed by atoms with Gasteiger partial charge in [-0.05, 0) is 18.1 Å². The minimum absolute atomic E-state index is 0.0506. The summed E-state index contributed by atoms with van der Waals surface area (Å²) in [5, 5.41) is 2.78. The van der Waals surface area contributed by atoms with Gasteiger partial charge in [-0.1, -0.05) is 18.2 Å². The van der Waals surface area contributed by atoms with Crippen LogP contribution < -0.4 is 16.0 Å². The summed E-state index contributed by atoms with van der Waals surface area (Å²) in [5.41, 5.74) is 7.59. The number of fused-ring (bicyclic) bond motifs is 1. The average Bonchev–Trinajstić information content (AvgIpc) is 2.69. The first-order chi connectivity index (χ1) is 7.33. The molecule has 0 spiro atoms. The van der Waals surface area contributed by atoms with Gasteiger partial charge in [-0.15, -0.1) is 0 Å². The molecule has 0 aliphatic carbocycles. The zero-order valence-electron chi connectivity index (χ0n) is 8.57. The molecule has 80 valence electrons. The maximum Gasteiger partial charge on any atom is 0.321 e. The van der Waals surface area contributed by atoms with E-state index in [1.807, 2.05) is 18.2 Å². The number of hydrogen-bond acceptors (Lipinski definition) is 2. The number of nitrogens with zero attached hydrogens (tertiary/aromatic N) is 1. The minimum Gasteiger partial charge on any atom is -0.336 e. The largest absolute Gasteiger partial charge is 0.336 e. The molecule has 4 nitrogen and oxygen atoms in total. The second-order valence-electron chi connectivity index (χ2n) is 3.55. The lowest BCUT2D eigenvalue weighted by Crippen LogP contribution is -2.41. The van der Waals surface area contributed by atoms with Crippen LogP contribution in [0.4, 0.5) is 10.5 Å². The first-order valence-electron chi connectivity index (χ1n) is 5.16. The van der Waals surface area contributed by atoms with E-state index >= 15 is 0 Å². The average molecular weight is 205 g/mol. The number of para-hydroxylation sites is 1. The highest BCUT2D eigenvalue weighted by molar-refractivity contribution is 5.94. The lowest BCUT2D eigenvalue weighted by atomic mass is 10.2. The van der Waals surface area contributed by atoms with Gasteiger partial charge in [0.05, 0.1) is 0 Å². The van der Waals surface area contributed by atoms with Gasteiger partial charge >= 0.3 is 6.03 Å². The third-order valence-corrected chi connectivity index (χ3v) is 2.55. The second kappa shape index (κ2) is 4.31. The van der Waals surface area contributed by atoms with E-state index in [0.717, 1.165) is 18.7 Å². The van der Waals surface area contributed by atoms with E-state index in [1.165, 1.54) is 5.56 Å². The number of carbonyl (C=O) groups is 1. The first kappa shape index (κ1) is 9.98. The lowest BCUT2D eigenvalue weighted by molar-refractivity contribution is 0.247. The number of anilines is 1. The molecule has 1 aliphatic rings. The highest BCUT2D eigenvalue weighted by Crippen LogP contribution is 2.26. The molecular formula is C11H15N3O. The fourth-order valence-electron chi connectivity index (χ4n) is 1.82. The van der Waals surface area contributed by atoms with E-state index in [0.29, 0.717) is 13.1 Å². The predicted molar refractivity (Wildman–Crippen MR) is 59.9 cm³/mol. The second-order valence-corrected chi connectivity index (χ2v) is 3.55. The van der Waals surface area contributed by atoms with Gasteiger partial charge in [-0.2, -0.15) is 0 Å². The molecule has 0 radical (unpaired) electrons. The molecule has 4 heteroatoms. The van der Waals surface area contributed by atoms with Crippen LogP contribution in [0, 0.1) is 0 Å². The number of rotatable bonds is 2. The number of benzene rings is 1. The highest BCUT2D eigenvalue weighted by atomic mass is 16.2. The van der Waals surface area contributed by atoms with Crippen molar-refractivity contribution in [3.63, 3.8) is 0 Å². The van der Waals surface area contributed by atoms with E-state index in [9.17, 15) is 4.79 Å². The van der Waals surface area contributed by atoms with Gasteiger partial charge in [0.25, 0.3) is 0 Å². The van der Waals surface area contributed by atoms with Crippen LogP contribution in [0.25, 0.3) is 0 Å². The minimum atomic E-state index is -0.0506. The fourth-order valence-corrected chi connectivity index (χ4v) is 1.82. The maximum atomic E-state index is 11.7. The number of amides is 2. The van der Waals surface area contributed by atoms with Crippen LogP contribution in [0.15, 0.2) is 24.3 Å². The standard InChI is InChI=1S/C11H15N3O/c12-6-7-13-11(15)14-8-5-9-3-1-2-4-10(9)14/h1-4H,5-8,12H2,(H,13,15). The smallest absolute Gasteiger partial charge is 0.321 e. The normalized spacial score (nSPS) is 13.8. The summed E-state index contributed by atoms with van der Waals surface area (Å²) in [6.45, 7) is 1.76. The summed E-state index contributed by atoms with van der Waals surface area (Å²) < 4.78 is 0. The van der Waals surface area contributed by atoms with Crippen molar-refractivity contribution in [3.8, 4) is 0 Å². The van der Waals surface area contributed by atoms with Crippen LogP contribution >= 0.6 is 0 Å². The van der Waals surface area contributed by atoms with Crippen LogP contribution in [0.1, 0.15) is 5.56 Å². The summed E-state index contributed by atoms with van der Waals surface area (Å²) >= 11 is 0. The van der Waals surface area contributed by atoms with Crippen molar-refractivity contribution in [2.45, 2.75) is 6.42 Å². The molecule has 1 heterocycles. The van der Waals surface area contributed by atoms with E-state index < -0.39 is 0 Å². The van der Waals surface area contributed by atoms with Crippen molar-refractivity contribution in [3.05, 3.63) is 29.8 Å². The van der Waals surface area contributed by atoms with E-state index in [1.54, 1.807) is 4.90 Å². The molecule has 0 unspecified atom stereocenters. The maximum absolute atomic E-state index is 11.7. The van der Waals surface area contributed by atoms with Crippen LogP contribution in [-0.2, 0) is 6.42 Å². The number of carbonyl (C=O) groups excluding carboxylic acids is 1. The molecular weight excluding hydrogens is 190 g/mol. The Morgan fingerprint density at radius 2 is 2.27 bits per heavy atom. The third-order valence-electron chi connectivity index (χ3n) is 2.55. The number of nitrogens with two attached hydrogens (primary N) is 1. The Kier molecular flexibility index (Phi) is 2.87. The Morgan fingerprint density at radius 1 is 1.47 bits per heavy atom. The number of urea groups is 1. The van der Waals surface area contributed by atoms with Gasteiger partial charge in [0.1, 0.15) is 0 Å². The molecule has 0 fully saturated rings. The third kappa shape index (κ3) is 1.94. The highest BCUT2D eigenvalue weighted by Gasteiger charge is 2.23. The Hall–Kier alpha value is -1.55. The van der Waals surface area contributed by atoms with E-state index in [2.05, 4.69) is 11.4 Å². The molecule has 1 aliphatic heterocycles. The SMILES string of the molecule is NCCNC(=O)N1CCc2ccccc21. The van der Waals surface area contributed by atoms with Gasteiger partial charge in [-0.25, -0.2) is 4.79 Å². The van der Waals surface area contributed by atoms with Crippen molar-refractivity contribution in [2.75, 3.05) is 24.5 Å². The van der Waals surface area contributed by atoms with Crippen LogP contribution in [0.2, 0.25) is 0 Å². The lowest BCUT2D eigenvalue weighted by Gasteiger charge is -2.17. The van der Waals surface area contributed by atoms with E-state index in [4.69, 9.17) is 5.73 Å². The van der Waals surface area contributed by atoms with Crippen molar-refractivity contribution in [1.82, 2.24) is 5.32 Å². The van der Waals surface area contributed by atoms with Gasteiger partial charge in [0.2, 0.25) is 0 Å². The number of hydrogen-bond donors (Lipinski definition) is 2. The van der Waals surface area contributed by atoms with Crippen molar-refractivity contribution in [2.24, 2.45) is 5.73 Å². The molecule has 1 aromatic rings. The van der Waals surface area contributed by atoms with E-state index in [-0.39, 0.29) is 6.03 Å². The molecule has 0 saturated carbocycles. The molecule has 0 bridgehead atoms. The topological polar surface area (TPSA) is 58.4 Å². The zero-order chi connectivity index (χ0) is 10.7. The molecule has 0 aromatic heterocycles. The Labute approximate surface area is 89.1 Å². The summed E-state index contributed by atoms with van der Waals surface area (Å²) in [7, 11) is 0. The summed E-state index contributed by atoms with van der Waals surface area (Å²) in [6.07, 6.45) is 0.937. The van der Waals surface area contributed by atoms with Gasteiger partial charge in [0.15, 0.2) is 0 Å². The molecule has 0 atom stereocenters. The van der Waals surface area contributed by atoms with Gasteiger partial charge in [0, 0.05) is 25.3 Å². The van der Waals surface area contributed by atoms with Crippen LogP contribution in [-0.4, -0.2) is 25.7 Å². The van der Waals surface area contributed by atoms with Crippen LogP contribution in [0.5, 0.6) is 0 Å². The Balaban J connectivity index is 2.10. The predicted octanol–water partition coefficient (Wildman–Crippen LogP) is 0.717. The van der Waals surface area contributed by atoms with Gasteiger partial charge in [-0.3, -0.25) is 4.90 Å². The van der Waals surface area contributed by atoms with Crippen molar-refractivity contribution >= 4 is 11.7 Å². The van der Waals surface area contributed by atoms with Crippen LogP contribution in [0.3, 0.4) is 0 Å². The molecule has 0 saturated heterocycles. The summed E-state index contributed by atoms with van der Waals surface area (Å²) in [4.78, 5) is 13.5. The molecule has 2 rings (SSSR count).